The first-order valence-electron chi connectivity index (χ1n) is 3.96. The first-order valence-corrected chi connectivity index (χ1v) is 3.96. The largest absolute Gasteiger partial charge is 0.235 e. The Morgan fingerprint density at radius 3 is 2.08 bits per heavy atom. The molecular formula is C8H12N2O2. The lowest BCUT2D eigenvalue weighted by atomic mass is 9.96. The van der Waals surface area contributed by atoms with Crippen LogP contribution >= 0.6 is 0 Å². The first-order chi connectivity index (χ1) is 5.85. The number of nitrogens with zero attached hydrogens (tertiary/aromatic N) is 1. The Morgan fingerprint density at radius 1 is 1.17 bits per heavy atom. The summed E-state index contributed by atoms with van der Waals surface area (Å²) in [4.78, 5) is 21.8. The summed E-state index contributed by atoms with van der Waals surface area (Å²) in [5.41, 5.74) is 0. The molecule has 4 nitrogen and oxygen atoms in total. The van der Waals surface area contributed by atoms with E-state index in [-0.39, 0.29) is 0 Å². The van der Waals surface area contributed by atoms with Crippen LogP contribution in [0.25, 0.3) is 0 Å². The van der Waals surface area contributed by atoms with E-state index < -0.39 is 0 Å². The number of nitrogens with one attached hydrogen (secondary N) is 1. The van der Waals surface area contributed by atoms with Gasteiger partial charge in [0.15, 0.2) is 0 Å². The highest BCUT2D eigenvalue weighted by Crippen LogP contribution is 2.19. The van der Waals surface area contributed by atoms with Crippen LogP contribution in [0.3, 0.4) is 0 Å². The minimum Gasteiger partial charge on any atom is -0.222 e. The molecule has 0 spiro atoms. The fraction of sp³-hybridized carbons (Fsp3) is 0.750. The van der Waals surface area contributed by atoms with Crippen LogP contribution in [0.15, 0.2) is 4.99 Å². The van der Waals surface area contributed by atoms with Gasteiger partial charge >= 0.3 is 0 Å². The molecule has 0 radical (unpaired) electrons. The second kappa shape index (κ2) is 7.86. The molecule has 0 amide bonds. The number of carbonyl (C=O) groups excluding carboxylic acids is 2. The summed E-state index contributed by atoms with van der Waals surface area (Å²) < 4.78 is 0. The maximum atomic E-state index is 9.78. The van der Waals surface area contributed by atoms with Gasteiger partial charge in [-0.15, -0.1) is 0 Å². The van der Waals surface area contributed by atoms with Crippen LogP contribution in [0.1, 0.15) is 32.1 Å². The van der Waals surface area contributed by atoms with E-state index in [1.165, 1.54) is 19.3 Å². The molecule has 1 rings (SSSR count). The number of hydrogen-bond donors (Lipinski definition) is 1. The molecule has 0 aromatic heterocycles. The fourth-order valence-corrected chi connectivity index (χ4v) is 1.28. The SMILES string of the molecule is N=C=O.O=C=NC1CCCCC1. The lowest BCUT2D eigenvalue weighted by Gasteiger charge is -2.14. The van der Waals surface area contributed by atoms with E-state index in [9.17, 15) is 4.79 Å². The van der Waals surface area contributed by atoms with Gasteiger partial charge in [-0.05, 0) is 12.8 Å². The van der Waals surface area contributed by atoms with E-state index >= 15 is 0 Å². The number of hydrogen-bond acceptors (Lipinski definition) is 4. The van der Waals surface area contributed by atoms with E-state index in [0.717, 1.165) is 18.9 Å². The standard InChI is InChI=1S/C7H11NO.CHNO/c9-6-8-7-4-2-1-3-5-7;2-1-3/h7H,1-5H2;2H. The highest BCUT2D eigenvalue weighted by atomic mass is 16.1. The minimum absolute atomic E-state index is 0.302. The van der Waals surface area contributed by atoms with E-state index in [1.54, 1.807) is 6.08 Å². The van der Waals surface area contributed by atoms with E-state index in [0.29, 0.717) is 6.04 Å². The molecular weight excluding hydrogens is 156 g/mol. The summed E-state index contributed by atoms with van der Waals surface area (Å²) in [6, 6.07) is 0.302. The molecule has 0 aromatic carbocycles. The Hall–Kier alpha value is -1.24. The zero-order chi connectivity index (χ0) is 9.23. The third-order valence-corrected chi connectivity index (χ3v) is 1.81. The Bertz CT molecular complexity index is 185. The van der Waals surface area contributed by atoms with Crippen molar-refractivity contribution >= 4 is 12.2 Å². The highest BCUT2D eigenvalue weighted by molar-refractivity contribution is 5.33. The van der Waals surface area contributed by atoms with Crippen LogP contribution < -0.4 is 0 Å². The Morgan fingerprint density at radius 2 is 1.67 bits per heavy atom. The van der Waals surface area contributed by atoms with Gasteiger partial charge in [-0.2, -0.15) is 0 Å². The molecule has 0 aliphatic heterocycles. The smallest absolute Gasteiger partial charge is 0.222 e. The predicted octanol–water partition coefficient (Wildman–Crippen LogP) is 1.56. The van der Waals surface area contributed by atoms with Crippen LogP contribution in [0.2, 0.25) is 0 Å². The molecule has 0 aromatic rings. The van der Waals surface area contributed by atoms with Gasteiger partial charge in [0.2, 0.25) is 12.2 Å². The van der Waals surface area contributed by atoms with Crippen molar-refractivity contribution in [1.82, 2.24) is 0 Å². The highest BCUT2D eigenvalue weighted by Gasteiger charge is 2.10. The van der Waals surface area contributed by atoms with Gasteiger partial charge in [-0.1, -0.05) is 19.3 Å². The van der Waals surface area contributed by atoms with E-state index in [1.807, 2.05) is 0 Å². The molecule has 1 fully saturated rings. The lowest BCUT2D eigenvalue weighted by Crippen LogP contribution is -2.08. The van der Waals surface area contributed by atoms with Crippen molar-refractivity contribution in [3.63, 3.8) is 0 Å². The predicted molar refractivity (Wildman–Crippen MR) is 43.4 cm³/mol. The second-order valence-electron chi connectivity index (χ2n) is 2.61. The number of aliphatic imine (C=N–C) groups is 1. The van der Waals surface area contributed by atoms with Gasteiger partial charge in [0, 0.05) is 0 Å². The Labute approximate surface area is 71.2 Å². The monoisotopic (exact) mass is 168 g/mol. The molecule has 0 saturated heterocycles. The van der Waals surface area contributed by atoms with Gasteiger partial charge in [0.25, 0.3) is 0 Å². The summed E-state index contributed by atoms with van der Waals surface area (Å²) in [6.07, 6.45) is 8.32. The minimum atomic E-state index is 0.302. The third-order valence-electron chi connectivity index (χ3n) is 1.81. The quantitative estimate of drug-likeness (QED) is 0.476. The summed E-state index contributed by atoms with van der Waals surface area (Å²) in [5.74, 6) is 0. The van der Waals surface area contributed by atoms with Crippen molar-refractivity contribution in [1.29, 1.82) is 5.41 Å². The Kier molecular flexibility index (Phi) is 7.05. The van der Waals surface area contributed by atoms with Gasteiger partial charge in [-0.3, -0.25) is 0 Å². The summed E-state index contributed by atoms with van der Waals surface area (Å²) in [6.45, 7) is 0. The maximum absolute atomic E-state index is 9.78. The summed E-state index contributed by atoms with van der Waals surface area (Å²) >= 11 is 0. The second-order valence-corrected chi connectivity index (χ2v) is 2.61. The first kappa shape index (κ1) is 10.8. The molecule has 66 valence electrons. The van der Waals surface area contributed by atoms with Crippen LogP contribution in [-0.4, -0.2) is 18.2 Å². The number of rotatable bonds is 1. The summed E-state index contributed by atoms with van der Waals surface area (Å²) in [5, 5.41) is 5.40. The van der Waals surface area contributed by atoms with Gasteiger partial charge in [-0.25, -0.2) is 20.0 Å². The molecule has 0 atom stereocenters. The molecule has 1 aliphatic rings. The lowest BCUT2D eigenvalue weighted by molar-refractivity contribution is 0.439. The van der Waals surface area contributed by atoms with Gasteiger partial charge < -0.3 is 0 Å². The van der Waals surface area contributed by atoms with Crippen LogP contribution in [-0.2, 0) is 9.59 Å². The molecule has 0 bridgehead atoms. The van der Waals surface area contributed by atoms with E-state index in [4.69, 9.17) is 10.2 Å². The van der Waals surface area contributed by atoms with E-state index in [2.05, 4.69) is 4.99 Å². The van der Waals surface area contributed by atoms with Crippen molar-refractivity contribution in [2.75, 3.05) is 0 Å². The van der Waals surface area contributed by atoms with Gasteiger partial charge in [0.1, 0.15) is 0 Å². The molecule has 0 heterocycles. The van der Waals surface area contributed by atoms with Crippen LogP contribution in [0.4, 0.5) is 0 Å². The topological polar surface area (TPSA) is 70.3 Å². The molecule has 1 saturated carbocycles. The van der Waals surface area contributed by atoms with Crippen molar-refractivity contribution in [2.45, 2.75) is 38.1 Å². The number of isocyanates is 2. The molecule has 1 N–H and O–H groups in total. The Balaban J connectivity index is 0.000000354. The summed E-state index contributed by atoms with van der Waals surface area (Å²) in [7, 11) is 0. The maximum Gasteiger partial charge on any atom is 0.235 e. The molecule has 0 unspecified atom stereocenters. The third kappa shape index (κ3) is 5.54. The normalized spacial score (nSPS) is 16.3. The van der Waals surface area contributed by atoms with Crippen molar-refractivity contribution in [3.05, 3.63) is 0 Å². The molecule has 4 heteroatoms. The molecule has 1 aliphatic carbocycles. The van der Waals surface area contributed by atoms with Crippen LogP contribution in [0.5, 0.6) is 0 Å². The van der Waals surface area contributed by atoms with Crippen molar-refractivity contribution in [3.8, 4) is 0 Å². The zero-order valence-electron chi connectivity index (χ0n) is 6.88. The van der Waals surface area contributed by atoms with Gasteiger partial charge in [0.05, 0.1) is 6.04 Å². The van der Waals surface area contributed by atoms with Crippen LogP contribution in [0, 0.1) is 5.41 Å². The van der Waals surface area contributed by atoms with Crippen molar-refractivity contribution < 1.29 is 9.59 Å². The average molecular weight is 168 g/mol. The zero-order valence-corrected chi connectivity index (χ0v) is 6.88. The molecule has 12 heavy (non-hydrogen) atoms. The fourth-order valence-electron chi connectivity index (χ4n) is 1.28. The van der Waals surface area contributed by atoms with Crippen molar-refractivity contribution in [2.24, 2.45) is 4.99 Å². The average Bonchev–Trinajstić information content (AvgIpc) is 2.08.